The molecule has 17 atom stereocenters. The Morgan fingerprint density at radius 2 is 1.63 bits per heavy atom. The van der Waals surface area contributed by atoms with Gasteiger partial charge in [-0.25, -0.2) is 0 Å². The minimum atomic E-state index is -1.49. The number of carboxylic acids is 1. The van der Waals surface area contributed by atoms with E-state index in [1.807, 2.05) is 30.3 Å². The van der Waals surface area contributed by atoms with Gasteiger partial charge in [0.25, 0.3) is 0 Å². The van der Waals surface area contributed by atoms with E-state index < -0.39 is 53.6 Å². The first-order chi connectivity index (χ1) is 25.5. The summed E-state index contributed by atoms with van der Waals surface area (Å²) in [7, 11) is 0. The lowest BCUT2D eigenvalue weighted by molar-refractivity contribution is -0.346. The highest BCUT2D eigenvalue weighted by atomic mass is 16.7. The molecule has 4 bridgehead atoms. The summed E-state index contributed by atoms with van der Waals surface area (Å²) in [6.07, 6.45) is 5.40. The summed E-state index contributed by atoms with van der Waals surface area (Å²) in [5.74, 6) is -0.769. The van der Waals surface area contributed by atoms with Crippen LogP contribution in [0.3, 0.4) is 0 Å². The Balaban J connectivity index is 1.23. The number of fused-ring (bicyclic) bond motifs is 5. The van der Waals surface area contributed by atoms with Gasteiger partial charge in [0, 0.05) is 17.9 Å². The van der Waals surface area contributed by atoms with Gasteiger partial charge in [0.2, 0.25) is 0 Å². The predicted octanol–water partition coefficient (Wildman–Crippen LogP) is 4.86. The first kappa shape index (κ1) is 38.7. The summed E-state index contributed by atoms with van der Waals surface area (Å²) in [6.45, 7) is 11.4. The minimum absolute atomic E-state index is 0.0338. The van der Waals surface area contributed by atoms with Crippen LogP contribution in [0, 0.1) is 62.1 Å². The van der Waals surface area contributed by atoms with Crippen molar-refractivity contribution in [2.45, 2.75) is 123 Å². The van der Waals surface area contributed by atoms with Crippen LogP contribution < -0.4 is 0 Å². The first-order valence-corrected chi connectivity index (χ1v) is 20.3. The standard InChI is InChI=1S/C44H62O10/c1-39(23-45)15-17-44(38(50)51)18-16-41(3)27(29(44)20-39)13-14-31-42(41,4)19-26-11-12-28-34(52-21-25-9-7-6-8-10-25)36(40(2,24-46)35(26)43(28,31)5)54-37-33(49)32(48)30(47)22-53-37/h6-13,26,28-37,45-49H,14-24H2,1-5H3,(H,50,51)/t26-,28-,29+,30-,31-,32+,33-,34-,35-,36-,37-,39-,40+,41+,42-,43-,44-/m1/s1. The van der Waals surface area contributed by atoms with Gasteiger partial charge < -0.3 is 44.8 Å². The van der Waals surface area contributed by atoms with Gasteiger partial charge in [0.15, 0.2) is 6.29 Å². The Bertz CT molecular complexity index is 1660. The average Bonchev–Trinajstić information content (AvgIpc) is 3.14. The molecule has 4 saturated carbocycles. The second-order valence-electron chi connectivity index (χ2n) is 19.7. The summed E-state index contributed by atoms with van der Waals surface area (Å²) in [5, 5.41) is 64.9. The lowest BCUT2D eigenvalue weighted by Crippen LogP contribution is -2.75. The number of rotatable bonds is 8. The Kier molecular flexibility index (Phi) is 9.46. The van der Waals surface area contributed by atoms with E-state index >= 15 is 0 Å². The van der Waals surface area contributed by atoms with Crippen LogP contribution in [-0.2, 0) is 25.6 Å². The third kappa shape index (κ3) is 5.23. The molecule has 298 valence electrons. The fraction of sp³-hybridized carbons (Fsp3) is 0.750. The number of ether oxygens (including phenoxy) is 3. The van der Waals surface area contributed by atoms with Gasteiger partial charge in [0.1, 0.15) is 18.3 Å². The second kappa shape index (κ2) is 13.2. The number of benzene rings is 1. The van der Waals surface area contributed by atoms with E-state index in [0.717, 1.165) is 24.8 Å². The quantitative estimate of drug-likeness (QED) is 0.160. The Morgan fingerprint density at radius 1 is 0.907 bits per heavy atom. The molecule has 6 N–H and O–H groups in total. The molecule has 1 aliphatic heterocycles. The maximum Gasteiger partial charge on any atom is 0.310 e. The van der Waals surface area contributed by atoms with Crippen LogP contribution in [0.1, 0.15) is 85.1 Å². The lowest BCUT2D eigenvalue weighted by atomic mass is 9.29. The highest BCUT2D eigenvalue weighted by Gasteiger charge is 2.75. The number of carbonyl (C=O) groups is 1. The van der Waals surface area contributed by atoms with Gasteiger partial charge in [-0.15, -0.1) is 0 Å². The fourth-order valence-electron chi connectivity index (χ4n) is 14.1. The van der Waals surface area contributed by atoms with Gasteiger partial charge >= 0.3 is 5.97 Å². The topological polar surface area (TPSA) is 166 Å². The van der Waals surface area contributed by atoms with Crippen molar-refractivity contribution < 1.29 is 49.6 Å². The molecular weight excluding hydrogens is 688 g/mol. The predicted molar refractivity (Wildman–Crippen MR) is 199 cm³/mol. The minimum Gasteiger partial charge on any atom is -0.481 e. The Morgan fingerprint density at radius 3 is 2.31 bits per heavy atom. The summed E-state index contributed by atoms with van der Waals surface area (Å²) >= 11 is 0. The highest BCUT2D eigenvalue weighted by Crippen LogP contribution is 2.79. The zero-order valence-corrected chi connectivity index (χ0v) is 32.6. The van der Waals surface area contributed by atoms with E-state index in [-0.39, 0.29) is 71.1 Å². The lowest BCUT2D eigenvalue weighted by Gasteiger charge is -2.75. The van der Waals surface area contributed by atoms with Gasteiger partial charge in [-0.2, -0.15) is 0 Å². The third-order valence-electron chi connectivity index (χ3n) is 17.2. The smallest absolute Gasteiger partial charge is 0.310 e. The van der Waals surface area contributed by atoms with Crippen LogP contribution in [0.4, 0.5) is 0 Å². The van der Waals surface area contributed by atoms with Crippen molar-refractivity contribution in [1.29, 1.82) is 0 Å². The van der Waals surface area contributed by atoms with Gasteiger partial charge in [-0.3, -0.25) is 4.79 Å². The van der Waals surface area contributed by atoms with Crippen molar-refractivity contribution in [1.82, 2.24) is 0 Å². The summed E-state index contributed by atoms with van der Waals surface area (Å²) in [5.41, 5.74) is -0.557. The maximum atomic E-state index is 13.2. The van der Waals surface area contributed by atoms with E-state index in [1.165, 1.54) is 5.57 Å². The molecule has 5 fully saturated rings. The summed E-state index contributed by atoms with van der Waals surface area (Å²) in [6, 6.07) is 9.96. The largest absolute Gasteiger partial charge is 0.481 e. The Hall–Kier alpha value is -2.15. The monoisotopic (exact) mass is 750 g/mol. The normalized spacial score (nSPS) is 52.0. The highest BCUT2D eigenvalue weighted by molar-refractivity contribution is 5.76. The van der Waals surface area contributed by atoms with Gasteiger partial charge in [-0.05, 0) is 95.8 Å². The van der Waals surface area contributed by atoms with Crippen molar-refractivity contribution in [2.75, 3.05) is 19.8 Å². The molecule has 10 nitrogen and oxygen atoms in total. The molecular formula is C44H62O10. The van der Waals surface area contributed by atoms with Crippen molar-refractivity contribution >= 4 is 5.97 Å². The van der Waals surface area contributed by atoms with E-state index in [2.05, 4.69) is 52.8 Å². The number of hydrogen-bond donors (Lipinski definition) is 6. The van der Waals surface area contributed by atoms with Crippen LogP contribution in [0.25, 0.3) is 0 Å². The molecule has 8 rings (SSSR count). The molecule has 0 aromatic heterocycles. The Labute approximate surface area is 319 Å². The zero-order valence-electron chi connectivity index (χ0n) is 32.6. The molecule has 0 radical (unpaired) electrons. The fourth-order valence-corrected chi connectivity index (χ4v) is 14.1. The van der Waals surface area contributed by atoms with E-state index in [4.69, 9.17) is 14.2 Å². The number of aliphatic hydroxyl groups excluding tert-OH is 5. The van der Waals surface area contributed by atoms with Crippen LogP contribution in [0.2, 0.25) is 0 Å². The summed E-state index contributed by atoms with van der Waals surface area (Å²) in [4.78, 5) is 13.2. The van der Waals surface area contributed by atoms with Crippen LogP contribution in [0.15, 0.2) is 54.1 Å². The number of allylic oxidation sites excluding steroid dienone is 3. The van der Waals surface area contributed by atoms with Crippen molar-refractivity contribution in [3.63, 3.8) is 0 Å². The van der Waals surface area contributed by atoms with E-state index in [0.29, 0.717) is 32.3 Å². The molecule has 0 spiro atoms. The molecule has 0 unspecified atom stereocenters. The second-order valence-corrected chi connectivity index (χ2v) is 19.7. The number of aliphatic hydroxyl groups is 5. The third-order valence-corrected chi connectivity index (χ3v) is 17.2. The molecule has 54 heavy (non-hydrogen) atoms. The van der Waals surface area contributed by atoms with Crippen molar-refractivity contribution in [3.8, 4) is 0 Å². The van der Waals surface area contributed by atoms with E-state index in [1.54, 1.807) is 0 Å². The molecule has 10 heteroatoms. The number of aliphatic carboxylic acids is 1. The van der Waals surface area contributed by atoms with Crippen molar-refractivity contribution in [3.05, 3.63) is 59.7 Å². The molecule has 0 amide bonds. The number of carboxylic acid groups (broad SMARTS) is 1. The molecule has 1 saturated heterocycles. The van der Waals surface area contributed by atoms with E-state index in [9.17, 15) is 35.4 Å². The SMILES string of the molecule is C[C@@]1(CO)CC[C@@]2(C(=O)O)CC[C@@]3(C)C(=CC[C@H]4[C@@]5(C)[C@@H]6C=C[C@H](C[C@]43C)[C@@H]5[C@](C)(CO)[C@H](O[C@H]3OC[C@@H](O)[C@H](O)[C@H]3O)[C@@H]6OCc3ccccc3)[C@@H]2C1. The van der Waals surface area contributed by atoms with Crippen molar-refractivity contribution in [2.24, 2.45) is 62.1 Å². The van der Waals surface area contributed by atoms with Crippen LogP contribution in [-0.4, -0.2) is 93.2 Å². The zero-order chi connectivity index (χ0) is 38.6. The molecule has 1 aromatic rings. The number of hydrogen-bond acceptors (Lipinski definition) is 9. The van der Waals surface area contributed by atoms with Gasteiger partial charge in [-0.1, -0.05) is 88.8 Å². The maximum absolute atomic E-state index is 13.2. The molecule has 6 aliphatic carbocycles. The molecule has 1 heterocycles. The molecule has 7 aliphatic rings. The van der Waals surface area contributed by atoms with Crippen LogP contribution >= 0.6 is 0 Å². The molecule has 1 aromatic carbocycles. The van der Waals surface area contributed by atoms with Gasteiger partial charge in [0.05, 0.1) is 37.4 Å². The average molecular weight is 751 g/mol. The van der Waals surface area contributed by atoms with Crippen LogP contribution in [0.5, 0.6) is 0 Å². The first-order valence-electron chi connectivity index (χ1n) is 20.3. The summed E-state index contributed by atoms with van der Waals surface area (Å²) < 4.78 is 19.6.